The highest BCUT2D eigenvalue weighted by atomic mass is 32.2. The van der Waals surface area contributed by atoms with Crippen molar-refractivity contribution < 1.29 is 22.8 Å². The third-order valence-electron chi connectivity index (χ3n) is 6.86. The van der Waals surface area contributed by atoms with Gasteiger partial charge in [0.2, 0.25) is 0 Å². The molecule has 0 spiro atoms. The van der Waals surface area contributed by atoms with Crippen LogP contribution in [0.15, 0.2) is 76.5 Å². The molecule has 192 valence electrons. The number of hydrogen-bond donors (Lipinski definition) is 0. The van der Waals surface area contributed by atoms with Gasteiger partial charge >= 0.3 is 6.18 Å². The molecule has 2 aliphatic heterocycles. The number of halogens is 3. The molecule has 2 amide bonds. The minimum Gasteiger partial charge on any atom is -0.338 e. The van der Waals surface area contributed by atoms with Crippen LogP contribution in [-0.2, 0) is 12.7 Å². The highest BCUT2D eigenvalue weighted by molar-refractivity contribution is 7.99. The molecule has 1 fully saturated rings. The second-order valence-electron chi connectivity index (χ2n) is 10.0. The molecule has 5 rings (SSSR count). The van der Waals surface area contributed by atoms with Crippen LogP contribution in [0, 0.1) is 11.8 Å². The third-order valence-corrected chi connectivity index (χ3v) is 8.00. The van der Waals surface area contributed by atoms with Gasteiger partial charge < -0.3 is 9.80 Å². The van der Waals surface area contributed by atoms with Crippen LogP contribution in [0.4, 0.5) is 18.9 Å². The van der Waals surface area contributed by atoms with E-state index in [2.05, 4.69) is 13.8 Å². The predicted molar refractivity (Wildman–Crippen MR) is 138 cm³/mol. The van der Waals surface area contributed by atoms with Crippen molar-refractivity contribution in [2.75, 3.05) is 18.0 Å². The number of amides is 2. The largest absolute Gasteiger partial charge is 0.416 e. The maximum atomic E-state index is 13.7. The van der Waals surface area contributed by atoms with E-state index in [0.717, 1.165) is 28.3 Å². The van der Waals surface area contributed by atoms with Crippen LogP contribution in [-0.4, -0.2) is 29.8 Å². The first-order chi connectivity index (χ1) is 17.6. The van der Waals surface area contributed by atoms with E-state index >= 15 is 0 Å². The van der Waals surface area contributed by atoms with E-state index in [0.29, 0.717) is 47.3 Å². The topological polar surface area (TPSA) is 40.6 Å². The number of hydrogen-bond acceptors (Lipinski definition) is 3. The lowest BCUT2D eigenvalue weighted by atomic mass is 9.91. The Morgan fingerprint density at radius 3 is 2.30 bits per heavy atom. The van der Waals surface area contributed by atoms with Gasteiger partial charge in [0.15, 0.2) is 0 Å². The summed E-state index contributed by atoms with van der Waals surface area (Å²) in [5, 5.41) is 0. The number of alkyl halides is 3. The molecule has 0 saturated carbocycles. The maximum absolute atomic E-state index is 13.7. The van der Waals surface area contributed by atoms with Gasteiger partial charge in [0.25, 0.3) is 11.8 Å². The van der Waals surface area contributed by atoms with Crippen LogP contribution in [0.5, 0.6) is 0 Å². The average molecular weight is 525 g/mol. The van der Waals surface area contributed by atoms with E-state index in [1.54, 1.807) is 29.2 Å². The molecule has 0 aliphatic carbocycles. The molecule has 4 nitrogen and oxygen atoms in total. The predicted octanol–water partition coefficient (Wildman–Crippen LogP) is 7.14. The van der Waals surface area contributed by atoms with Crippen molar-refractivity contribution in [2.45, 2.75) is 42.8 Å². The average Bonchev–Trinajstić information content (AvgIpc) is 2.97. The summed E-state index contributed by atoms with van der Waals surface area (Å²) in [6.45, 7) is 5.74. The van der Waals surface area contributed by atoms with Crippen molar-refractivity contribution >= 4 is 29.3 Å². The Hall–Kier alpha value is -3.26. The minimum atomic E-state index is -4.43. The molecule has 3 aromatic carbocycles. The lowest BCUT2D eigenvalue weighted by molar-refractivity contribution is -0.137. The molecule has 37 heavy (non-hydrogen) atoms. The van der Waals surface area contributed by atoms with Crippen LogP contribution in [0.25, 0.3) is 0 Å². The van der Waals surface area contributed by atoms with E-state index in [4.69, 9.17) is 0 Å². The molecular weight excluding hydrogens is 497 g/mol. The van der Waals surface area contributed by atoms with Crippen LogP contribution in [0.3, 0.4) is 0 Å². The first kappa shape index (κ1) is 25.4. The van der Waals surface area contributed by atoms with Crippen molar-refractivity contribution in [1.29, 1.82) is 0 Å². The minimum absolute atomic E-state index is 0.0742. The molecule has 0 unspecified atom stereocenters. The van der Waals surface area contributed by atoms with Gasteiger partial charge in [-0.25, -0.2) is 0 Å². The number of carbonyl (C=O) groups excluding carboxylic acids is 2. The standard InChI is InChI=1S/C29H27F3N2O2S/c1-18-13-19(2)16-33(15-18)27(35)21-9-12-26-24(14-21)34(28(36)23-5-3-4-6-25(23)37-26)17-20-7-10-22(11-8-20)29(30,31)32/h3-12,14,18-19H,13,15-17H2,1-2H3/t18-,19-/m1/s1. The van der Waals surface area contributed by atoms with Crippen LogP contribution < -0.4 is 4.90 Å². The number of fused-ring (bicyclic) bond motifs is 2. The van der Waals surface area contributed by atoms with Gasteiger partial charge in [-0.1, -0.05) is 49.9 Å². The van der Waals surface area contributed by atoms with Crippen LogP contribution >= 0.6 is 11.8 Å². The fraction of sp³-hybridized carbons (Fsp3) is 0.310. The highest BCUT2D eigenvalue weighted by Gasteiger charge is 2.32. The molecule has 2 heterocycles. The molecule has 1 saturated heterocycles. The Balaban J connectivity index is 1.53. The van der Waals surface area contributed by atoms with Gasteiger partial charge in [-0.05, 0) is 66.3 Å². The molecule has 0 radical (unpaired) electrons. The summed E-state index contributed by atoms with van der Waals surface area (Å²) in [6.07, 6.45) is -3.35. The number of rotatable bonds is 3. The Morgan fingerprint density at radius 2 is 1.62 bits per heavy atom. The summed E-state index contributed by atoms with van der Waals surface area (Å²) in [6, 6.07) is 17.5. The van der Waals surface area contributed by atoms with E-state index < -0.39 is 11.7 Å². The zero-order chi connectivity index (χ0) is 26.3. The summed E-state index contributed by atoms with van der Waals surface area (Å²) in [5.41, 5.74) is 1.42. The number of piperidine rings is 1. The number of nitrogens with zero attached hydrogens (tertiary/aromatic N) is 2. The fourth-order valence-corrected chi connectivity index (χ4v) is 6.26. The Kier molecular flexibility index (Phi) is 6.79. The van der Waals surface area contributed by atoms with Gasteiger partial charge in [-0.2, -0.15) is 13.2 Å². The molecule has 0 aromatic heterocycles. The lowest BCUT2D eigenvalue weighted by Gasteiger charge is -2.35. The Bertz CT molecular complexity index is 1330. The van der Waals surface area contributed by atoms with E-state index in [9.17, 15) is 22.8 Å². The molecule has 3 aromatic rings. The first-order valence-electron chi connectivity index (χ1n) is 12.3. The number of likely N-dealkylation sites (tertiary alicyclic amines) is 1. The smallest absolute Gasteiger partial charge is 0.338 e. The van der Waals surface area contributed by atoms with Gasteiger partial charge in [-0.3, -0.25) is 9.59 Å². The molecule has 2 atom stereocenters. The SMILES string of the molecule is C[C@@H]1C[C@@H](C)CN(C(=O)c2ccc3c(c2)N(Cc2ccc(C(F)(F)F)cc2)C(=O)c2ccccc2S3)C1. The zero-order valence-electron chi connectivity index (χ0n) is 20.6. The van der Waals surface area contributed by atoms with Gasteiger partial charge in [0, 0.05) is 28.4 Å². The zero-order valence-corrected chi connectivity index (χ0v) is 21.4. The van der Waals surface area contributed by atoms with Crippen molar-refractivity contribution in [2.24, 2.45) is 11.8 Å². The molecular formula is C29H27F3N2O2S. The van der Waals surface area contributed by atoms with Crippen LogP contribution in [0.1, 0.15) is 52.1 Å². The highest BCUT2D eigenvalue weighted by Crippen LogP contribution is 2.42. The van der Waals surface area contributed by atoms with Crippen molar-refractivity contribution in [3.8, 4) is 0 Å². The quantitative estimate of drug-likeness (QED) is 0.366. The van der Waals surface area contributed by atoms with E-state index in [-0.39, 0.29) is 18.4 Å². The molecule has 8 heteroatoms. The second kappa shape index (κ2) is 9.89. The number of carbonyl (C=O) groups is 2. The molecule has 0 N–H and O–H groups in total. The summed E-state index contributed by atoms with van der Waals surface area (Å²) in [7, 11) is 0. The Morgan fingerprint density at radius 1 is 0.946 bits per heavy atom. The lowest BCUT2D eigenvalue weighted by Crippen LogP contribution is -2.42. The van der Waals surface area contributed by atoms with Gasteiger partial charge in [0.05, 0.1) is 23.4 Å². The summed E-state index contributed by atoms with van der Waals surface area (Å²) >= 11 is 1.45. The summed E-state index contributed by atoms with van der Waals surface area (Å²) in [5.74, 6) is 0.495. The van der Waals surface area contributed by atoms with Crippen LogP contribution in [0.2, 0.25) is 0 Å². The van der Waals surface area contributed by atoms with Crippen molar-refractivity contribution in [3.05, 3.63) is 89.0 Å². The van der Waals surface area contributed by atoms with Gasteiger partial charge in [-0.15, -0.1) is 0 Å². The first-order valence-corrected chi connectivity index (χ1v) is 13.1. The monoisotopic (exact) mass is 524 g/mol. The number of benzene rings is 3. The molecule has 2 aliphatic rings. The number of anilines is 1. The van der Waals surface area contributed by atoms with E-state index in [1.165, 1.54) is 23.9 Å². The Labute approximate surface area is 218 Å². The van der Waals surface area contributed by atoms with Gasteiger partial charge in [0.1, 0.15) is 0 Å². The summed E-state index contributed by atoms with van der Waals surface area (Å²) < 4.78 is 39.2. The second-order valence-corrected chi connectivity index (χ2v) is 11.1. The van der Waals surface area contributed by atoms with Crippen molar-refractivity contribution in [3.63, 3.8) is 0 Å². The summed E-state index contributed by atoms with van der Waals surface area (Å²) in [4.78, 5) is 32.2. The normalized spacial score (nSPS) is 19.8. The maximum Gasteiger partial charge on any atom is 0.416 e. The fourth-order valence-electron chi connectivity index (χ4n) is 5.20. The van der Waals surface area contributed by atoms with E-state index in [1.807, 2.05) is 23.1 Å². The molecule has 0 bridgehead atoms. The van der Waals surface area contributed by atoms with Crippen molar-refractivity contribution in [1.82, 2.24) is 4.90 Å². The third kappa shape index (κ3) is 5.25.